The van der Waals surface area contributed by atoms with Gasteiger partial charge in [0.2, 0.25) is 0 Å². The van der Waals surface area contributed by atoms with Crippen molar-refractivity contribution in [3.8, 4) is 35.5 Å². The van der Waals surface area contributed by atoms with Crippen molar-refractivity contribution >= 4 is 16.9 Å². The van der Waals surface area contributed by atoms with Crippen molar-refractivity contribution in [2.24, 2.45) is 0 Å². The van der Waals surface area contributed by atoms with Gasteiger partial charge in [-0.15, -0.1) is 0 Å². The van der Waals surface area contributed by atoms with Gasteiger partial charge in [0.05, 0.1) is 5.56 Å². The largest absolute Gasteiger partial charge is 0.287 e. The standard InChI is InChI=1S/C34H23FOS/c1-3-30-23-28(10-9-27-15-21-33(22-16-27)37-25(2)36)12-17-31(30)18-13-29-14-20-32(34(35)24-29)19-11-26-7-5-4-6-8-26/h4-8,12,14-17,20-24H,3H2,1-2H3. The molecule has 0 heterocycles. The molecule has 4 aromatic rings. The number of thioether (sulfide) groups is 1. The van der Waals surface area contributed by atoms with Crippen molar-refractivity contribution in [3.63, 3.8) is 0 Å². The number of aryl methyl sites for hydroxylation is 1. The molecule has 178 valence electrons. The number of rotatable bonds is 2. The average Bonchev–Trinajstić information content (AvgIpc) is 2.91. The van der Waals surface area contributed by atoms with E-state index >= 15 is 0 Å². The van der Waals surface area contributed by atoms with Gasteiger partial charge < -0.3 is 0 Å². The molecule has 0 N–H and O–H groups in total. The van der Waals surface area contributed by atoms with Gasteiger partial charge in [0.15, 0.2) is 5.12 Å². The fraction of sp³-hybridized carbons (Fsp3) is 0.0882. The number of carbonyl (C=O) groups excluding carboxylic acids is 1. The fourth-order valence-corrected chi connectivity index (χ4v) is 4.10. The molecular formula is C34H23FOS. The molecule has 4 aromatic carbocycles. The Labute approximate surface area is 222 Å². The minimum atomic E-state index is -0.385. The second-order valence-corrected chi connectivity index (χ2v) is 9.40. The third-order valence-electron chi connectivity index (χ3n) is 5.38. The third-order valence-corrected chi connectivity index (χ3v) is 6.17. The number of hydrogen-bond acceptors (Lipinski definition) is 2. The molecule has 0 spiro atoms. The molecule has 0 aliphatic rings. The topological polar surface area (TPSA) is 17.1 Å². The van der Waals surface area contributed by atoms with Crippen LogP contribution in [0.1, 0.15) is 52.8 Å². The van der Waals surface area contributed by atoms with Crippen LogP contribution < -0.4 is 0 Å². The summed E-state index contributed by atoms with van der Waals surface area (Å²) in [5.74, 6) is 18.1. The Hall–Kier alpha value is -4.49. The van der Waals surface area contributed by atoms with Gasteiger partial charge in [-0.25, -0.2) is 4.39 Å². The Morgan fingerprint density at radius 3 is 1.89 bits per heavy atom. The molecule has 0 bridgehead atoms. The zero-order chi connectivity index (χ0) is 26.0. The summed E-state index contributed by atoms with van der Waals surface area (Å²) < 4.78 is 14.6. The molecular weight excluding hydrogens is 475 g/mol. The Kier molecular flexibility index (Phi) is 8.62. The molecule has 37 heavy (non-hydrogen) atoms. The Balaban J connectivity index is 1.49. The Morgan fingerprint density at radius 1 is 0.676 bits per heavy atom. The predicted octanol–water partition coefficient (Wildman–Crippen LogP) is 7.23. The van der Waals surface area contributed by atoms with E-state index < -0.39 is 0 Å². The number of benzene rings is 4. The van der Waals surface area contributed by atoms with Crippen LogP contribution in [-0.4, -0.2) is 5.12 Å². The normalized spacial score (nSPS) is 9.70. The lowest BCUT2D eigenvalue weighted by atomic mass is 10.0. The van der Waals surface area contributed by atoms with Crippen LogP contribution in [0.5, 0.6) is 0 Å². The van der Waals surface area contributed by atoms with E-state index in [9.17, 15) is 9.18 Å². The first-order valence-electron chi connectivity index (χ1n) is 11.8. The smallest absolute Gasteiger partial charge is 0.190 e. The van der Waals surface area contributed by atoms with E-state index in [1.807, 2.05) is 72.8 Å². The van der Waals surface area contributed by atoms with Gasteiger partial charge in [-0.3, -0.25) is 4.79 Å². The SMILES string of the molecule is CCc1cc(C#Cc2ccc(SC(C)=O)cc2)ccc1C#Cc1ccc(C#Cc2ccccc2)c(F)c1. The summed E-state index contributed by atoms with van der Waals surface area (Å²) in [6, 6.07) is 28.0. The zero-order valence-electron chi connectivity index (χ0n) is 20.6. The molecule has 0 saturated heterocycles. The number of carbonyl (C=O) groups is 1. The molecule has 0 radical (unpaired) electrons. The van der Waals surface area contributed by atoms with Gasteiger partial charge in [-0.2, -0.15) is 0 Å². The molecule has 0 aromatic heterocycles. The molecule has 1 nitrogen and oxygen atoms in total. The maximum atomic E-state index is 14.6. The first-order chi connectivity index (χ1) is 18.0. The lowest BCUT2D eigenvalue weighted by Crippen LogP contribution is -1.90. The van der Waals surface area contributed by atoms with Crippen LogP contribution >= 0.6 is 11.8 Å². The molecule has 3 heteroatoms. The fourth-order valence-electron chi connectivity index (χ4n) is 3.50. The van der Waals surface area contributed by atoms with Gasteiger partial charge >= 0.3 is 0 Å². The van der Waals surface area contributed by atoms with E-state index in [-0.39, 0.29) is 10.9 Å². The van der Waals surface area contributed by atoms with Crippen molar-refractivity contribution < 1.29 is 9.18 Å². The van der Waals surface area contributed by atoms with Crippen molar-refractivity contribution in [3.05, 3.63) is 136 Å². The molecule has 0 unspecified atom stereocenters. The summed E-state index contributed by atoms with van der Waals surface area (Å²) in [7, 11) is 0. The van der Waals surface area contributed by atoms with Crippen LogP contribution in [0.4, 0.5) is 4.39 Å². The van der Waals surface area contributed by atoms with Crippen LogP contribution in [0.3, 0.4) is 0 Å². The van der Waals surface area contributed by atoms with E-state index in [1.165, 1.54) is 17.8 Å². The summed E-state index contributed by atoms with van der Waals surface area (Å²) in [6.07, 6.45) is 0.804. The first-order valence-corrected chi connectivity index (χ1v) is 12.6. The Bertz CT molecular complexity index is 1620. The summed E-state index contributed by atoms with van der Waals surface area (Å²) in [4.78, 5) is 12.1. The lowest BCUT2D eigenvalue weighted by molar-refractivity contribution is -0.109. The number of hydrogen-bond donors (Lipinski definition) is 0. The minimum absolute atomic E-state index is 0.0596. The van der Waals surface area contributed by atoms with E-state index in [0.717, 1.165) is 39.1 Å². The molecule has 4 rings (SSSR count). The highest BCUT2D eigenvalue weighted by atomic mass is 32.2. The molecule has 0 aliphatic heterocycles. The number of halogens is 1. The summed E-state index contributed by atoms with van der Waals surface area (Å²) in [5, 5.41) is 0.0596. The van der Waals surface area contributed by atoms with Crippen LogP contribution in [0.15, 0.2) is 95.9 Å². The maximum absolute atomic E-state index is 14.6. The second kappa shape index (κ2) is 12.5. The van der Waals surface area contributed by atoms with Crippen molar-refractivity contribution in [1.29, 1.82) is 0 Å². The van der Waals surface area contributed by atoms with Crippen molar-refractivity contribution in [2.45, 2.75) is 25.2 Å². The van der Waals surface area contributed by atoms with Gasteiger partial charge in [-0.05, 0) is 84.8 Å². The molecule has 0 amide bonds. The monoisotopic (exact) mass is 498 g/mol. The van der Waals surface area contributed by atoms with Crippen LogP contribution in [0, 0.1) is 41.3 Å². The third kappa shape index (κ3) is 7.49. The highest BCUT2D eigenvalue weighted by Gasteiger charge is 2.02. The first kappa shape index (κ1) is 25.6. The molecule has 0 fully saturated rings. The molecule has 0 atom stereocenters. The molecule has 0 aliphatic carbocycles. The summed E-state index contributed by atoms with van der Waals surface area (Å²) in [5.41, 5.74) is 5.54. The average molecular weight is 499 g/mol. The van der Waals surface area contributed by atoms with Crippen LogP contribution in [-0.2, 0) is 11.2 Å². The summed E-state index contributed by atoms with van der Waals surface area (Å²) >= 11 is 1.21. The van der Waals surface area contributed by atoms with E-state index in [2.05, 4.69) is 42.4 Å². The quantitative estimate of drug-likeness (QED) is 0.214. The van der Waals surface area contributed by atoms with E-state index in [0.29, 0.717) is 11.1 Å². The van der Waals surface area contributed by atoms with Crippen LogP contribution in [0.2, 0.25) is 0 Å². The van der Waals surface area contributed by atoms with Gasteiger partial charge in [0, 0.05) is 39.6 Å². The van der Waals surface area contributed by atoms with Gasteiger partial charge in [0.25, 0.3) is 0 Å². The molecule has 0 saturated carbocycles. The van der Waals surface area contributed by atoms with Crippen molar-refractivity contribution in [1.82, 2.24) is 0 Å². The van der Waals surface area contributed by atoms with E-state index in [4.69, 9.17) is 0 Å². The van der Waals surface area contributed by atoms with Crippen LogP contribution in [0.25, 0.3) is 0 Å². The highest BCUT2D eigenvalue weighted by Crippen LogP contribution is 2.19. The highest BCUT2D eigenvalue weighted by molar-refractivity contribution is 8.13. The maximum Gasteiger partial charge on any atom is 0.190 e. The summed E-state index contributed by atoms with van der Waals surface area (Å²) in [6.45, 7) is 3.62. The van der Waals surface area contributed by atoms with Crippen molar-refractivity contribution in [2.75, 3.05) is 0 Å². The second-order valence-electron chi connectivity index (χ2n) is 8.15. The van der Waals surface area contributed by atoms with Gasteiger partial charge in [0.1, 0.15) is 5.82 Å². The lowest BCUT2D eigenvalue weighted by Gasteiger charge is -2.02. The zero-order valence-corrected chi connectivity index (χ0v) is 21.4. The van der Waals surface area contributed by atoms with Gasteiger partial charge in [-0.1, -0.05) is 72.4 Å². The van der Waals surface area contributed by atoms with E-state index in [1.54, 1.807) is 19.1 Å². The Morgan fingerprint density at radius 2 is 1.22 bits per heavy atom. The minimum Gasteiger partial charge on any atom is -0.287 e. The predicted molar refractivity (Wildman–Crippen MR) is 150 cm³/mol.